The van der Waals surface area contributed by atoms with Crippen LogP contribution in [0.15, 0.2) is 29.4 Å². The first-order chi connectivity index (χ1) is 8.38. The molecule has 1 fully saturated rings. The first kappa shape index (κ1) is 12.0. The topological polar surface area (TPSA) is 52.0 Å². The maximum absolute atomic E-state index is 8.31. The summed E-state index contributed by atoms with van der Waals surface area (Å²) in [7, 11) is 0. The van der Waals surface area contributed by atoms with Gasteiger partial charge in [0, 0.05) is 17.1 Å². The molecule has 1 saturated heterocycles. The van der Waals surface area contributed by atoms with Gasteiger partial charge in [0.05, 0.1) is 0 Å². The van der Waals surface area contributed by atoms with Gasteiger partial charge in [-0.15, -0.1) is 0 Å². The van der Waals surface area contributed by atoms with E-state index in [1.54, 1.807) is 0 Å². The Kier molecular flexibility index (Phi) is 4.42. The molecule has 1 aliphatic rings. The minimum atomic E-state index is 0.689. The van der Waals surface area contributed by atoms with Crippen molar-refractivity contribution in [1.82, 2.24) is 4.90 Å². The molecule has 0 aromatic heterocycles. The third-order valence-electron chi connectivity index (χ3n) is 3.26. The summed E-state index contributed by atoms with van der Waals surface area (Å²) in [6.07, 6.45) is 5.15. The van der Waals surface area contributed by atoms with Crippen LogP contribution in [0.2, 0.25) is 0 Å². The van der Waals surface area contributed by atoms with Gasteiger partial charge in [-0.2, -0.15) is 0 Å². The second-order valence-corrected chi connectivity index (χ2v) is 4.51. The summed E-state index contributed by atoms with van der Waals surface area (Å²) in [5, 5.41) is 3.57. The minimum Gasteiger partial charge on any atom is -0.303 e. The summed E-state index contributed by atoms with van der Waals surface area (Å²) in [5.41, 5.74) is 10.3. The zero-order chi connectivity index (χ0) is 11.9. The first-order valence-electron chi connectivity index (χ1n) is 6.25. The molecule has 0 atom stereocenters. The Morgan fingerprint density at radius 3 is 2.47 bits per heavy atom. The Morgan fingerprint density at radius 2 is 1.82 bits per heavy atom. The van der Waals surface area contributed by atoms with Crippen LogP contribution in [0.3, 0.4) is 0 Å². The average molecular weight is 230 g/mol. The molecular weight excluding hydrogens is 212 g/mol. The van der Waals surface area contributed by atoms with Crippen molar-refractivity contribution in [3.05, 3.63) is 40.3 Å². The van der Waals surface area contributed by atoms with Gasteiger partial charge in [-0.05, 0) is 43.4 Å². The van der Waals surface area contributed by atoms with E-state index in [4.69, 9.17) is 5.53 Å². The summed E-state index contributed by atoms with van der Waals surface area (Å²) in [5.74, 6) is 0. The lowest BCUT2D eigenvalue weighted by Crippen LogP contribution is -2.31. The van der Waals surface area contributed by atoms with Gasteiger partial charge in [-0.1, -0.05) is 35.8 Å². The normalized spacial score (nSPS) is 16.5. The highest BCUT2D eigenvalue weighted by Crippen LogP contribution is 2.14. The fourth-order valence-corrected chi connectivity index (χ4v) is 2.25. The molecule has 0 saturated carbocycles. The van der Waals surface area contributed by atoms with Crippen LogP contribution in [0.5, 0.6) is 0 Å². The van der Waals surface area contributed by atoms with E-state index in [2.05, 4.69) is 14.9 Å². The third kappa shape index (κ3) is 3.77. The van der Waals surface area contributed by atoms with E-state index >= 15 is 0 Å². The van der Waals surface area contributed by atoms with Crippen molar-refractivity contribution in [2.75, 3.05) is 19.6 Å². The minimum absolute atomic E-state index is 0.689. The van der Waals surface area contributed by atoms with Gasteiger partial charge in [0.15, 0.2) is 0 Å². The van der Waals surface area contributed by atoms with E-state index in [9.17, 15) is 0 Å². The van der Waals surface area contributed by atoms with Crippen LogP contribution in [0, 0.1) is 0 Å². The van der Waals surface area contributed by atoms with E-state index in [1.165, 1.54) is 37.9 Å². The van der Waals surface area contributed by atoms with Crippen molar-refractivity contribution in [2.45, 2.75) is 25.7 Å². The summed E-state index contributed by atoms with van der Waals surface area (Å²) in [6.45, 7) is 3.63. The molecule has 0 aliphatic carbocycles. The molecule has 0 amide bonds. The van der Waals surface area contributed by atoms with Gasteiger partial charge in [0.1, 0.15) is 0 Å². The maximum Gasteiger partial charge on any atom is 0.0375 e. The van der Waals surface area contributed by atoms with E-state index in [1.807, 2.05) is 24.3 Å². The summed E-state index contributed by atoms with van der Waals surface area (Å²) in [6, 6.07) is 7.86. The second-order valence-electron chi connectivity index (χ2n) is 4.51. The largest absolute Gasteiger partial charge is 0.303 e. The Bertz CT molecular complexity index is 386. The van der Waals surface area contributed by atoms with Crippen molar-refractivity contribution in [1.29, 1.82) is 0 Å². The number of benzene rings is 1. The fourth-order valence-electron chi connectivity index (χ4n) is 2.25. The monoisotopic (exact) mass is 230 g/mol. The molecule has 0 radical (unpaired) electrons. The maximum atomic E-state index is 8.31. The van der Waals surface area contributed by atoms with Crippen LogP contribution < -0.4 is 0 Å². The fraction of sp³-hybridized carbons (Fsp3) is 0.538. The van der Waals surface area contributed by atoms with E-state index in [-0.39, 0.29) is 0 Å². The van der Waals surface area contributed by atoms with Crippen molar-refractivity contribution in [2.24, 2.45) is 5.11 Å². The first-order valence-corrected chi connectivity index (χ1v) is 6.25. The molecule has 2 rings (SSSR count). The Labute approximate surface area is 102 Å². The highest BCUT2D eigenvalue weighted by Gasteiger charge is 2.09. The number of nitrogens with zero attached hydrogens (tertiary/aromatic N) is 4. The van der Waals surface area contributed by atoms with Crippen LogP contribution in [0.25, 0.3) is 10.4 Å². The third-order valence-corrected chi connectivity index (χ3v) is 3.26. The highest BCUT2D eigenvalue weighted by molar-refractivity contribution is 5.38. The standard InChI is InChI=1S/C13H18N4/c14-16-15-13-6-4-12(5-7-13)8-11-17-9-2-1-3-10-17/h4-7H,1-3,8-11H2. The lowest BCUT2D eigenvalue weighted by molar-refractivity contribution is 0.231. The predicted molar refractivity (Wildman–Crippen MR) is 69.2 cm³/mol. The summed E-state index contributed by atoms with van der Waals surface area (Å²) in [4.78, 5) is 5.30. The van der Waals surface area contributed by atoms with E-state index in [0.29, 0.717) is 5.69 Å². The van der Waals surface area contributed by atoms with Crippen LogP contribution in [0.4, 0.5) is 5.69 Å². The number of piperidine rings is 1. The van der Waals surface area contributed by atoms with Crippen molar-refractivity contribution in [3.8, 4) is 0 Å². The molecule has 1 aromatic rings. The Hall–Kier alpha value is -1.51. The lowest BCUT2D eigenvalue weighted by atomic mass is 10.1. The number of hydrogen-bond donors (Lipinski definition) is 0. The van der Waals surface area contributed by atoms with Gasteiger partial charge >= 0.3 is 0 Å². The molecule has 4 nitrogen and oxygen atoms in total. The molecule has 1 aliphatic heterocycles. The van der Waals surface area contributed by atoms with Crippen LogP contribution in [-0.4, -0.2) is 24.5 Å². The number of likely N-dealkylation sites (tertiary alicyclic amines) is 1. The molecule has 0 unspecified atom stereocenters. The Balaban J connectivity index is 1.83. The van der Waals surface area contributed by atoms with Gasteiger partial charge < -0.3 is 4.90 Å². The van der Waals surface area contributed by atoms with E-state index < -0.39 is 0 Å². The molecule has 1 heterocycles. The molecule has 90 valence electrons. The van der Waals surface area contributed by atoms with E-state index in [0.717, 1.165) is 13.0 Å². The predicted octanol–water partition coefficient (Wildman–Crippen LogP) is 3.66. The molecule has 0 N–H and O–H groups in total. The zero-order valence-corrected chi connectivity index (χ0v) is 10.0. The molecule has 1 aromatic carbocycles. The molecule has 0 spiro atoms. The summed E-state index contributed by atoms with van der Waals surface area (Å²) < 4.78 is 0. The second kappa shape index (κ2) is 6.28. The Morgan fingerprint density at radius 1 is 1.12 bits per heavy atom. The van der Waals surface area contributed by atoms with Gasteiger partial charge in [-0.25, -0.2) is 0 Å². The number of azide groups is 1. The molecule has 4 heteroatoms. The van der Waals surface area contributed by atoms with Gasteiger partial charge in [0.25, 0.3) is 0 Å². The average Bonchev–Trinajstić information content (AvgIpc) is 2.40. The zero-order valence-electron chi connectivity index (χ0n) is 10.0. The van der Waals surface area contributed by atoms with Gasteiger partial charge in [0.2, 0.25) is 0 Å². The molecule has 17 heavy (non-hydrogen) atoms. The summed E-state index contributed by atoms with van der Waals surface area (Å²) >= 11 is 0. The lowest BCUT2D eigenvalue weighted by Gasteiger charge is -2.26. The molecule has 0 bridgehead atoms. The van der Waals surface area contributed by atoms with Crippen LogP contribution in [-0.2, 0) is 6.42 Å². The van der Waals surface area contributed by atoms with Crippen molar-refractivity contribution < 1.29 is 0 Å². The number of rotatable bonds is 4. The quantitative estimate of drug-likeness (QED) is 0.442. The SMILES string of the molecule is [N-]=[N+]=Nc1ccc(CCN2CCCCC2)cc1. The van der Waals surface area contributed by atoms with Crippen LogP contribution >= 0.6 is 0 Å². The highest BCUT2D eigenvalue weighted by atomic mass is 15.1. The molecular formula is C13H18N4. The number of hydrogen-bond acceptors (Lipinski definition) is 2. The van der Waals surface area contributed by atoms with Crippen LogP contribution in [0.1, 0.15) is 24.8 Å². The van der Waals surface area contributed by atoms with Crippen molar-refractivity contribution >= 4 is 5.69 Å². The smallest absolute Gasteiger partial charge is 0.0375 e. The van der Waals surface area contributed by atoms with Crippen molar-refractivity contribution in [3.63, 3.8) is 0 Å². The van der Waals surface area contributed by atoms with Gasteiger partial charge in [-0.3, -0.25) is 0 Å².